The summed E-state index contributed by atoms with van der Waals surface area (Å²) in [6, 6.07) is 3.60. The molecule has 0 aliphatic rings. The second kappa shape index (κ2) is 2.71. The fourth-order valence-corrected chi connectivity index (χ4v) is 1.38. The van der Waals surface area contributed by atoms with E-state index in [0.29, 0.717) is 11.2 Å². The first-order chi connectivity index (χ1) is 6.22. The highest BCUT2D eigenvalue weighted by atomic mass is 35.5. The number of aryl methyl sites for hydroxylation is 1. The predicted octanol–water partition coefficient (Wildman–Crippen LogP) is 1.49. The Morgan fingerprint density at radius 3 is 3.08 bits per heavy atom. The van der Waals surface area contributed by atoms with E-state index in [0.717, 1.165) is 5.52 Å². The second-order valence-corrected chi connectivity index (χ2v) is 2.99. The minimum atomic E-state index is 0.273. The van der Waals surface area contributed by atoms with Gasteiger partial charge in [-0.3, -0.25) is 0 Å². The number of hydrogen-bond donors (Lipinski definition) is 0. The summed E-state index contributed by atoms with van der Waals surface area (Å²) < 4.78 is 1.80. The summed E-state index contributed by atoms with van der Waals surface area (Å²) >= 11 is 5.82. The van der Waals surface area contributed by atoms with Gasteiger partial charge in [-0.2, -0.15) is 5.26 Å². The molecule has 0 atom stereocenters. The summed E-state index contributed by atoms with van der Waals surface area (Å²) in [5.41, 5.74) is 1.75. The molecular formula is C8H5ClN4. The second-order valence-electron chi connectivity index (χ2n) is 2.63. The van der Waals surface area contributed by atoms with Crippen LogP contribution in [0.1, 0.15) is 5.69 Å². The van der Waals surface area contributed by atoms with Gasteiger partial charge in [-0.1, -0.05) is 11.6 Å². The van der Waals surface area contributed by atoms with Crippen LogP contribution >= 0.6 is 11.6 Å². The van der Waals surface area contributed by atoms with E-state index in [-0.39, 0.29) is 5.15 Å². The minimum Gasteiger partial charge on any atom is -0.334 e. The zero-order chi connectivity index (χ0) is 9.42. The molecule has 0 N–H and O–H groups in total. The van der Waals surface area contributed by atoms with E-state index in [1.165, 1.54) is 0 Å². The fraction of sp³-hybridized carbons (Fsp3) is 0.125. The van der Waals surface area contributed by atoms with Gasteiger partial charge in [0.2, 0.25) is 0 Å². The molecule has 0 fully saturated rings. The Balaban J connectivity index is 2.90. The van der Waals surface area contributed by atoms with Gasteiger partial charge >= 0.3 is 0 Å². The first-order valence-corrected chi connectivity index (χ1v) is 3.98. The first kappa shape index (κ1) is 8.02. The highest BCUT2D eigenvalue weighted by Crippen LogP contribution is 2.19. The molecule has 4 nitrogen and oxygen atoms in total. The summed E-state index contributed by atoms with van der Waals surface area (Å²) in [5, 5.41) is 8.92. The van der Waals surface area contributed by atoms with Crippen LogP contribution in [0.2, 0.25) is 5.15 Å². The first-order valence-electron chi connectivity index (χ1n) is 3.60. The number of hydrogen-bond acceptors (Lipinski definition) is 3. The van der Waals surface area contributed by atoms with Crippen LogP contribution in [0.25, 0.3) is 11.0 Å². The van der Waals surface area contributed by atoms with Crippen LogP contribution in [-0.4, -0.2) is 14.5 Å². The molecule has 0 amide bonds. The van der Waals surface area contributed by atoms with Crippen LogP contribution in [0.15, 0.2) is 12.4 Å². The Bertz CT molecular complexity index is 509. The van der Waals surface area contributed by atoms with E-state index in [1.54, 1.807) is 17.0 Å². The number of pyridine rings is 1. The van der Waals surface area contributed by atoms with Gasteiger partial charge in [-0.25, -0.2) is 9.97 Å². The van der Waals surface area contributed by atoms with Crippen molar-refractivity contribution in [2.75, 3.05) is 0 Å². The summed E-state index contributed by atoms with van der Waals surface area (Å²) in [4.78, 5) is 7.91. The van der Waals surface area contributed by atoms with Crippen LogP contribution in [-0.2, 0) is 7.05 Å². The lowest BCUT2D eigenvalue weighted by atomic mass is 10.3. The van der Waals surface area contributed by atoms with Crippen molar-refractivity contribution in [1.29, 1.82) is 5.26 Å². The van der Waals surface area contributed by atoms with E-state index < -0.39 is 0 Å². The molecule has 2 aromatic heterocycles. The van der Waals surface area contributed by atoms with Crippen LogP contribution in [0.3, 0.4) is 0 Å². The third kappa shape index (κ3) is 1.14. The van der Waals surface area contributed by atoms with Gasteiger partial charge in [0.05, 0.1) is 11.8 Å². The van der Waals surface area contributed by atoms with Gasteiger partial charge in [-0.15, -0.1) is 0 Å². The van der Waals surface area contributed by atoms with Crippen molar-refractivity contribution in [2.24, 2.45) is 7.05 Å². The molecular weight excluding hydrogens is 188 g/mol. The monoisotopic (exact) mass is 192 g/mol. The number of nitrogens with zero attached hydrogens (tertiary/aromatic N) is 4. The molecule has 2 rings (SSSR count). The molecule has 0 bridgehead atoms. The summed E-state index contributed by atoms with van der Waals surface area (Å²) in [7, 11) is 1.84. The highest BCUT2D eigenvalue weighted by molar-refractivity contribution is 6.33. The zero-order valence-corrected chi connectivity index (χ0v) is 7.58. The van der Waals surface area contributed by atoms with Gasteiger partial charge in [0, 0.05) is 13.1 Å². The predicted molar refractivity (Wildman–Crippen MR) is 48.2 cm³/mol. The quantitative estimate of drug-likeness (QED) is 0.595. The summed E-state index contributed by atoms with van der Waals surface area (Å²) in [5.74, 6) is 0. The molecule has 0 saturated heterocycles. The number of fused-ring (bicyclic) bond motifs is 1. The van der Waals surface area contributed by atoms with Crippen molar-refractivity contribution in [3.8, 4) is 6.07 Å². The number of nitriles is 1. The van der Waals surface area contributed by atoms with Gasteiger partial charge in [0.1, 0.15) is 17.3 Å². The number of rotatable bonds is 0. The Kier molecular flexibility index (Phi) is 1.67. The Morgan fingerprint density at radius 1 is 1.62 bits per heavy atom. The normalized spacial score (nSPS) is 10.2. The molecule has 0 spiro atoms. The number of aromatic nitrogens is 3. The molecule has 2 heterocycles. The van der Waals surface area contributed by atoms with Crippen LogP contribution in [0.5, 0.6) is 0 Å². The Hall–Kier alpha value is -1.60. The minimum absolute atomic E-state index is 0.273. The lowest BCUT2D eigenvalue weighted by Gasteiger charge is -1.95. The molecule has 5 heteroatoms. The maximum atomic E-state index is 8.65. The summed E-state index contributed by atoms with van der Waals surface area (Å²) in [6.07, 6.45) is 1.64. The van der Waals surface area contributed by atoms with Crippen molar-refractivity contribution < 1.29 is 0 Å². The molecule has 0 aromatic carbocycles. The largest absolute Gasteiger partial charge is 0.334 e. The third-order valence-electron chi connectivity index (χ3n) is 1.78. The summed E-state index contributed by atoms with van der Waals surface area (Å²) in [6.45, 7) is 0. The van der Waals surface area contributed by atoms with E-state index in [1.807, 2.05) is 13.1 Å². The van der Waals surface area contributed by atoms with Crippen LogP contribution in [0.4, 0.5) is 0 Å². The van der Waals surface area contributed by atoms with E-state index >= 15 is 0 Å². The molecule has 64 valence electrons. The fourth-order valence-electron chi connectivity index (χ4n) is 1.15. The van der Waals surface area contributed by atoms with Crippen molar-refractivity contribution in [3.05, 3.63) is 23.2 Å². The zero-order valence-electron chi connectivity index (χ0n) is 6.82. The van der Waals surface area contributed by atoms with Gasteiger partial charge in [-0.05, 0) is 0 Å². The molecule has 0 aliphatic heterocycles. The maximum Gasteiger partial charge on any atom is 0.158 e. The maximum absolute atomic E-state index is 8.65. The Morgan fingerprint density at radius 2 is 2.38 bits per heavy atom. The van der Waals surface area contributed by atoms with Crippen molar-refractivity contribution in [3.63, 3.8) is 0 Å². The van der Waals surface area contributed by atoms with E-state index in [9.17, 15) is 0 Å². The van der Waals surface area contributed by atoms with Crippen molar-refractivity contribution >= 4 is 22.6 Å². The SMILES string of the molecule is Cn1cnc2c(Cl)nc(C#N)cc21. The van der Waals surface area contributed by atoms with Gasteiger partial charge in [0.25, 0.3) is 0 Å². The lowest BCUT2D eigenvalue weighted by Crippen LogP contribution is -1.88. The van der Waals surface area contributed by atoms with Gasteiger partial charge in [0.15, 0.2) is 5.15 Å². The molecule has 0 aliphatic carbocycles. The smallest absolute Gasteiger partial charge is 0.158 e. The van der Waals surface area contributed by atoms with Crippen LogP contribution in [0, 0.1) is 11.3 Å². The Labute approximate surface area is 79.4 Å². The molecule has 13 heavy (non-hydrogen) atoms. The highest BCUT2D eigenvalue weighted by Gasteiger charge is 2.07. The third-order valence-corrected chi connectivity index (χ3v) is 2.05. The standard InChI is InChI=1S/C8H5ClN4/c1-13-4-11-7-6(13)2-5(3-10)12-8(7)9/h2,4H,1H3. The van der Waals surface area contributed by atoms with E-state index in [2.05, 4.69) is 9.97 Å². The number of imidazole rings is 1. The lowest BCUT2D eigenvalue weighted by molar-refractivity contribution is 0.947. The van der Waals surface area contributed by atoms with Gasteiger partial charge < -0.3 is 4.57 Å². The average molecular weight is 193 g/mol. The van der Waals surface area contributed by atoms with Crippen molar-refractivity contribution in [2.45, 2.75) is 0 Å². The topological polar surface area (TPSA) is 54.5 Å². The van der Waals surface area contributed by atoms with Crippen molar-refractivity contribution in [1.82, 2.24) is 14.5 Å². The molecule has 0 unspecified atom stereocenters. The van der Waals surface area contributed by atoms with E-state index in [4.69, 9.17) is 16.9 Å². The molecule has 2 aromatic rings. The molecule has 0 saturated carbocycles. The number of halogens is 1. The average Bonchev–Trinajstić information content (AvgIpc) is 2.48. The molecule has 0 radical (unpaired) electrons. The van der Waals surface area contributed by atoms with Crippen LogP contribution < -0.4 is 0 Å².